The quantitative estimate of drug-likeness (QED) is 0.650. The van der Waals surface area contributed by atoms with Gasteiger partial charge in [-0.1, -0.05) is 54.6 Å². The Morgan fingerprint density at radius 3 is 2.42 bits per heavy atom. The SMILES string of the molecule is CC(C)(C)OC(=O)Cc1ccccc1[C@H](CC(=O)C1COC(=O)N1)Cc1ccccc1. The van der Waals surface area contributed by atoms with E-state index in [1.54, 1.807) is 0 Å². The predicted molar refractivity (Wildman–Crippen MR) is 117 cm³/mol. The zero-order chi connectivity index (χ0) is 22.4. The molecule has 1 fully saturated rings. The van der Waals surface area contributed by atoms with Crippen LogP contribution < -0.4 is 5.32 Å². The molecular weight excluding hydrogens is 394 g/mol. The number of esters is 1. The summed E-state index contributed by atoms with van der Waals surface area (Å²) in [6.45, 7) is 5.57. The van der Waals surface area contributed by atoms with Crippen LogP contribution in [0.1, 0.15) is 49.8 Å². The summed E-state index contributed by atoms with van der Waals surface area (Å²) in [5.74, 6) is -0.536. The van der Waals surface area contributed by atoms with Gasteiger partial charge in [-0.25, -0.2) is 4.79 Å². The number of amides is 1. The second kappa shape index (κ2) is 9.77. The Morgan fingerprint density at radius 1 is 1.10 bits per heavy atom. The molecule has 1 amide bonds. The van der Waals surface area contributed by atoms with Crippen LogP contribution in [0.2, 0.25) is 0 Å². The largest absolute Gasteiger partial charge is 0.460 e. The van der Waals surface area contributed by atoms with E-state index >= 15 is 0 Å². The van der Waals surface area contributed by atoms with Crippen LogP contribution in [-0.4, -0.2) is 36.1 Å². The van der Waals surface area contributed by atoms with Gasteiger partial charge in [-0.3, -0.25) is 9.59 Å². The summed E-state index contributed by atoms with van der Waals surface area (Å²) < 4.78 is 10.4. The zero-order valence-corrected chi connectivity index (χ0v) is 18.2. The summed E-state index contributed by atoms with van der Waals surface area (Å²) in [5.41, 5.74) is 2.32. The fraction of sp³-hybridized carbons (Fsp3) is 0.400. The van der Waals surface area contributed by atoms with Crippen molar-refractivity contribution in [3.63, 3.8) is 0 Å². The predicted octanol–water partition coefficient (Wildman–Crippen LogP) is 3.96. The number of nitrogens with one attached hydrogen (secondary N) is 1. The number of hydrogen-bond acceptors (Lipinski definition) is 5. The van der Waals surface area contributed by atoms with Gasteiger partial charge in [0.15, 0.2) is 5.78 Å². The summed E-state index contributed by atoms with van der Waals surface area (Å²) in [6, 6.07) is 17.0. The number of alkyl carbamates (subject to hydrolysis) is 1. The molecule has 6 heteroatoms. The third-order valence-electron chi connectivity index (χ3n) is 5.08. The molecule has 0 saturated carbocycles. The van der Waals surface area contributed by atoms with Crippen molar-refractivity contribution in [2.45, 2.75) is 57.6 Å². The average Bonchev–Trinajstić information content (AvgIpc) is 3.14. The van der Waals surface area contributed by atoms with Crippen LogP contribution >= 0.6 is 0 Å². The van der Waals surface area contributed by atoms with Crippen molar-refractivity contribution < 1.29 is 23.9 Å². The maximum atomic E-state index is 12.9. The highest BCUT2D eigenvalue weighted by Gasteiger charge is 2.31. The molecule has 1 saturated heterocycles. The van der Waals surface area contributed by atoms with E-state index in [2.05, 4.69) is 5.32 Å². The van der Waals surface area contributed by atoms with Gasteiger partial charge in [0.2, 0.25) is 0 Å². The molecule has 2 atom stereocenters. The number of rotatable bonds is 8. The molecule has 1 heterocycles. The lowest BCUT2D eigenvalue weighted by atomic mass is 9.83. The first kappa shape index (κ1) is 22.5. The molecule has 0 spiro atoms. The van der Waals surface area contributed by atoms with Gasteiger partial charge in [0.1, 0.15) is 18.2 Å². The van der Waals surface area contributed by atoms with E-state index in [4.69, 9.17) is 9.47 Å². The minimum atomic E-state index is -0.635. The van der Waals surface area contributed by atoms with Crippen LogP contribution in [-0.2, 0) is 31.9 Å². The Balaban J connectivity index is 1.85. The Labute approximate surface area is 182 Å². The van der Waals surface area contributed by atoms with Crippen LogP contribution in [0.5, 0.6) is 0 Å². The summed E-state index contributed by atoms with van der Waals surface area (Å²) in [5, 5.41) is 2.56. The fourth-order valence-corrected chi connectivity index (χ4v) is 3.76. The van der Waals surface area contributed by atoms with Gasteiger partial charge in [0.25, 0.3) is 0 Å². The Hall–Kier alpha value is -3.15. The van der Waals surface area contributed by atoms with Crippen molar-refractivity contribution in [2.75, 3.05) is 6.61 Å². The van der Waals surface area contributed by atoms with Crippen LogP contribution in [0.15, 0.2) is 54.6 Å². The highest BCUT2D eigenvalue weighted by atomic mass is 16.6. The van der Waals surface area contributed by atoms with Gasteiger partial charge in [-0.05, 0) is 49.8 Å². The average molecular weight is 424 g/mol. The van der Waals surface area contributed by atoms with Crippen LogP contribution in [0.4, 0.5) is 4.79 Å². The maximum absolute atomic E-state index is 12.9. The lowest BCUT2D eigenvalue weighted by Gasteiger charge is -2.23. The molecule has 2 aromatic rings. The summed E-state index contributed by atoms with van der Waals surface area (Å²) in [6.07, 6.45) is 0.438. The van der Waals surface area contributed by atoms with Gasteiger partial charge in [0, 0.05) is 6.42 Å². The molecule has 1 N–H and O–H groups in total. The van der Waals surface area contributed by atoms with Gasteiger partial charge < -0.3 is 14.8 Å². The normalized spacial score (nSPS) is 16.9. The van der Waals surface area contributed by atoms with E-state index in [9.17, 15) is 14.4 Å². The van der Waals surface area contributed by atoms with Crippen molar-refractivity contribution in [1.29, 1.82) is 0 Å². The van der Waals surface area contributed by atoms with Crippen molar-refractivity contribution in [2.24, 2.45) is 0 Å². The molecular formula is C25H29NO5. The molecule has 6 nitrogen and oxygen atoms in total. The second-order valence-electron chi connectivity index (χ2n) is 8.81. The third kappa shape index (κ3) is 6.67. The summed E-state index contributed by atoms with van der Waals surface area (Å²) in [7, 11) is 0. The van der Waals surface area contributed by atoms with Crippen molar-refractivity contribution >= 4 is 17.8 Å². The topological polar surface area (TPSA) is 81.7 Å². The monoisotopic (exact) mass is 423 g/mol. The minimum Gasteiger partial charge on any atom is -0.460 e. The van der Waals surface area contributed by atoms with E-state index in [0.717, 1.165) is 16.7 Å². The van der Waals surface area contributed by atoms with E-state index in [1.807, 2.05) is 75.4 Å². The van der Waals surface area contributed by atoms with Crippen molar-refractivity contribution in [1.82, 2.24) is 5.32 Å². The molecule has 0 aliphatic carbocycles. The molecule has 1 aliphatic heterocycles. The standard InChI is InChI=1S/C25H29NO5/c1-25(2,3)31-23(28)15-18-11-7-8-12-20(18)19(13-17-9-5-4-6-10-17)14-22(27)21-16-30-24(29)26-21/h4-12,19,21H,13-16H2,1-3H3,(H,26,29)/t19-,21?/m0/s1. The molecule has 2 aromatic carbocycles. The molecule has 0 bridgehead atoms. The number of carbonyl (C=O) groups excluding carboxylic acids is 3. The summed E-state index contributed by atoms with van der Waals surface area (Å²) in [4.78, 5) is 36.7. The highest BCUT2D eigenvalue weighted by molar-refractivity contribution is 5.90. The Bertz CT molecular complexity index is 932. The third-order valence-corrected chi connectivity index (χ3v) is 5.08. The van der Waals surface area contributed by atoms with Crippen LogP contribution in [0.25, 0.3) is 0 Å². The lowest BCUT2D eigenvalue weighted by Crippen LogP contribution is -2.35. The number of hydrogen-bond donors (Lipinski definition) is 1. The number of ketones is 1. The number of Topliss-reactive ketones (excluding diaryl/α,β-unsaturated/α-hetero) is 1. The molecule has 1 aliphatic rings. The molecule has 31 heavy (non-hydrogen) atoms. The van der Waals surface area contributed by atoms with Gasteiger partial charge in [-0.15, -0.1) is 0 Å². The Morgan fingerprint density at radius 2 is 1.77 bits per heavy atom. The van der Waals surface area contributed by atoms with E-state index in [0.29, 0.717) is 6.42 Å². The number of ether oxygens (including phenoxy) is 2. The molecule has 1 unspecified atom stereocenters. The number of benzene rings is 2. The Kier molecular flexibility index (Phi) is 7.10. The smallest absolute Gasteiger partial charge is 0.407 e. The minimum absolute atomic E-state index is 0.0509. The van der Waals surface area contributed by atoms with Gasteiger partial charge >= 0.3 is 12.1 Å². The second-order valence-corrected chi connectivity index (χ2v) is 8.81. The van der Waals surface area contributed by atoms with Crippen molar-refractivity contribution in [3.05, 3.63) is 71.3 Å². The van der Waals surface area contributed by atoms with E-state index in [-0.39, 0.29) is 37.1 Å². The zero-order valence-electron chi connectivity index (χ0n) is 18.2. The first-order chi connectivity index (χ1) is 14.7. The molecule has 3 rings (SSSR count). The molecule has 164 valence electrons. The van der Waals surface area contributed by atoms with Crippen LogP contribution in [0.3, 0.4) is 0 Å². The van der Waals surface area contributed by atoms with Gasteiger partial charge in [0.05, 0.1) is 6.42 Å². The lowest BCUT2D eigenvalue weighted by molar-refractivity contribution is -0.153. The van der Waals surface area contributed by atoms with Crippen LogP contribution in [0, 0.1) is 0 Å². The number of cyclic esters (lactones) is 1. The first-order valence-electron chi connectivity index (χ1n) is 10.5. The fourth-order valence-electron chi connectivity index (χ4n) is 3.76. The molecule has 0 aromatic heterocycles. The van der Waals surface area contributed by atoms with E-state index < -0.39 is 17.7 Å². The maximum Gasteiger partial charge on any atom is 0.407 e. The van der Waals surface area contributed by atoms with E-state index in [1.165, 1.54) is 0 Å². The summed E-state index contributed by atoms with van der Waals surface area (Å²) >= 11 is 0. The number of carbonyl (C=O) groups is 3. The van der Waals surface area contributed by atoms with Gasteiger partial charge in [-0.2, -0.15) is 0 Å². The molecule has 0 radical (unpaired) electrons. The van der Waals surface area contributed by atoms with Crippen molar-refractivity contribution in [3.8, 4) is 0 Å². The first-order valence-corrected chi connectivity index (χ1v) is 10.5. The highest BCUT2D eigenvalue weighted by Crippen LogP contribution is 2.29.